The molecule has 0 heterocycles. The van der Waals surface area contributed by atoms with E-state index in [9.17, 15) is 19.0 Å². The maximum Gasteiger partial charge on any atom is 0.306 e. The van der Waals surface area contributed by atoms with Crippen LogP contribution < -0.4 is 4.89 Å². The Morgan fingerprint density at radius 3 is 1.28 bits per heavy atom. The van der Waals surface area contributed by atoms with E-state index in [1.165, 1.54) is 148 Å². The summed E-state index contributed by atoms with van der Waals surface area (Å²) in [5.74, 6) is 0.789. The van der Waals surface area contributed by atoms with Crippen molar-refractivity contribution >= 4 is 19.8 Å². The summed E-state index contributed by atoms with van der Waals surface area (Å²) in [6.45, 7) is 9.05. The van der Waals surface area contributed by atoms with E-state index in [2.05, 4.69) is 27.7 Å². The number of nitrogens with zero attached hydrogens (tertiary/aromatic N) is 1. The molecule has 0 aromatic rings. The molecule has 0 saturated heterocycles. The van der Waals surface area contributed by atoms with Crippen molar-refractivity contribution in [2.45, 2.75) is 239 Å². The summed E-state index contributed by atoms with van der Waals surface area (Å²) < 4.78 is 34.1. The highest BCUT2D eigenvalue weighted by Gasteiger charge is 2.22. The fourth-order valence-electron chi connectivity index (χ4n) is 7.38. The molecule has 0 aromatic heterocycles. The van der Waals surface area contributed by atoms with Crippen molar-refractivity contribution in [3.8, 4) is 0 Å². The van der Waals surface area contributed by atoms with Gasteiger partial charge in [-0.2, -0.15) is 0 Å². The Bertz CT molecular complexity index is 989. The number of phosphoric ester groups is 1. The molecule has 346 valence electrons. The summed E-state index contributed by atoms with van der Waals surface area (Å²) in [5.41, 5.74) is 0. The molecular formula is C48H96NO8P. The fourth-order valence-corrected chi connectivity index (χ4v) is 8.11. The minimum absolute atomic E-state index is 0.0274. The van der Waals surface area contributed by atoms with Crippen LogP contribution in [0.25, 0.3) is 0 Å². The van der Waals surface area contributed by atoms with Crippen LogP contribution in [0, 0.1) is 11.8 Å². The fraction of sp³-hybridized carbons (Fsp3) is 0.958. The number of quaternary nitrogens is 1. The molecule has 0 rings (SSSR count). The lowest BCUT2D eigenvalue weighted by atomic mass is 9.96. The molecule has 0 N–H and O–H groups in total. The molecule has 0 amide bonds. The van der Waals surface area contributed by atoms with E-state index < -0.39 is 26.5 Å². The van der Waals surface area contributed by atoms with Crippen molar-refractivity contribution in [2.24, 2.45) is 11.8 Å². The molecule has 0 aromatic carbocycles. The van der Waals surface area contributed by atoms with Crippen LogP contribution in [0.3, 0.4) is 0 Å². The predicted molar refractivity (Wildman–Crippen MR) is 241 cm³/mol. The van der Waals surface area contributed by atoms with Gasteiger partial charge in [0.05, 0.1) is 27.7 Å². The molecule has 0 aliphatic heterocycles. The Hall–Kier alpha value is -0.990. The van der Waals surface area contributed by atoms with Gasteiger partial charge in [0.1, 0.15) is 19.8 Å². The molecular weight excluding hydrogens is 750 g/mol. The first kappa shape index (κ1) is 57.0. The van der Waals surface area contributed by atoms with Gasteiger partial charge in [0.15, 0.2) is 6.10 Å². The quantitative estimate of drug-likeness (QED) is 0.0258. The smallest absolute Gasteiger partial charge is 0.306 e. The third-order valence-corrected chi connectivity index (χ3v) is 12.4. The van der Waals surface area contributed by atoms with Gasteiger partial charge >= 0.3 is 11.9 Å². The van der Waals surface area contributed by atoms with Crippen LogP contribution in [0.5, 0.6) is 0 Å². The maximum atomic E-state index is 12.7. The van der Waals surface area contributed by atoms with Crippen LogP contribution >= 0.6 is 7.82 Å². The number of unbranched alkanes of at least 4 members (excludes halogenated alkanes) is 22. The molecule has 0 bridgehead atoms. The summed E-state index contributed by atoms with van der Waals surface area (Å²) in [6, 6.07) is 0. The Labute approximate surface area is 359 Å². The van der Waals surface area contributed by atoms with Gasteiger partial charge in [-0.05, 0) is 24.7 Å². The van der Waals surface area contributed by atoms with E-state index in [1.54, 1.807) is 0 Å². The van der Waals surface area contributed by atoms with E-state index >= 15 is 0 Å². The maximum absolute atomic E-state index is 12.7. The molecule has 9 nitrogen and oxygen atoms in total. The van der Waals surface area contributed by atoms with Gasteiger partial charge in [0.25, 0.3) is 7.82 Å². The number of likely N-dealkylation sites (N-methyl/N-ethyl adjacent to an activating group) is 1. The lowest BCUT2D eigenvalue weighted by molar-refractivity contribution is -0.870. The second kappa shape index (κ2) is 38.9. The zero-order chi connectivity index (χ0) is 43.2. The van der Waals surface area contributed by atoms with Gasteiger partial charge in [0, 0.05) is 12.8 Å². The van der Waals surface area contributed by atoms with Crippen molar-refractivity contribution < 1.29 is 42.1 Å². The molecule has 0 aliphatic rings. The molecule has 3 unspecified atom stereocenters. The molecule has 0 fully saturated rings. The summed E-state index contributed by atoms with van der Waals surface area (Å²) in [4.78, 5) is 37.7. The third kappa shape index (κ3) is 41.7. The highest BCUT2D eigenvalue weighted by atomic mass is 31.2. The van der Waals surface area contributed by atoms with Gasteiger partial charge in [-0.25, -0.2) is 0 Å². The highest BCUT2D eigenvalue weighted by Crippen LogP contribution is 2.38. The standard InChI is InChI=1S/C48H96NO8P/c1-8-10-12-14-16-22-28-34-44(3)36-30-24-18-20-26-32-38-47(50)54-42-46(43-56-58(52,53)55-41-40-49(5,6)7)57-48(51)39-33-27-21-19-25-31-37-45(4)35-29-23-17-15-13-11-9-2/h44-46H,8-43H2,1-7H3/t44?,45?,46-/m1/s1. The Morgan fingerprint density at radius 2 is 0.879 bits per heavy atom. The zero-order valence-corrected chi connectivity index (χ0v) is 40.2. The van der Waals surface area contributed by atoms with E-state index in [4.69, 9.17) is 18.5 Å². The first-order chi connectivity index (χ1) is 27.8. The van der Waals surface area contributed by atoms with Crippen molar-refractivity contribution in [3.63, 3.8) is 0 Å². The first-order valence-electron chi connectivity index (χ1n) is 24.5. The van der Waals surface area contributed by atoms with E-state index in [1.807, 2.05) is 21.1 Å². The summed E-state index contributed by atoms with van der Waals surface area (Å²) in [6.07, 6.45) is 36.8. The second-order valence-electron chi connectivity index (χ2n) is 18.7. The second-order valence-corrected chi connectivity index (χ2v) is 20.1. The van der Waals surface area contributed by atoms with Crippen molar-refractivity contribution in [1.29, 1.82) is 0 Å². The molecule has 0 radical (unpaired) electrons. The van der Waals surface area contributed by atoms with Crippen molar-refractivity contribution in [1.82, 2.24) is 0 Å². The Morgan fingerprint density at radius 1 is 0.517 bits per heavy atom. The molecule has 0 spiro atoms. The minimum atomic E-state index is -4.62. The Kier molecular flexibility index (Phi) is 38.2. The van der Waals surface area contributed by atoms with Crippen LogP contribution in [-0.2, 0) is 32.7 Å². The van der Waals surface area contributed by atoms with Gasteiger partial charge in [-0.15, -0.1) is 0 Å². The number of ether oxygens (including phenoxy) is 2. The number of hydrogen-bond donors (Lipinski definition) is 0. The van der Waals surface area contributed by atoms with Gasteiger partial charge in [0.2, 0.25) is 0 Å². The summed E-state index contributed by atoms with van der Waals surface area (Å²) >= 11 is 0. The molecule has 4 atom stereocenters. The molecule has 0 aliphatic carbocycles. The van der Waals surface area contributed by atoms with Crippen LogP contribution in [-0.4, -0.2) is 70.0 Å². The topological polar surface area (TPSA) is 111 Å². The van der Waals surface area contributed by atoms with Crippen LogP contribution in [0.1, 0.15) is 233 Å². The van der Waals surface area contributed by atoms with Crippen LogP contribution in [0.2, 0.25) is 0 Å². The number of esters is 2. The van der Waals surface area contributed by atoms with Crippen LogP contribution in [0.4, 0.5) is 0 Å². The summed E-state index contributed by atoms with van der Waals surface area (Å²) in [5, 5.41) is 0. The van der Waals surface area contributed by atoms with Gasteiger partial charge < -0.3 is 27.9 Å². The number of hydrogen-bond acceptors (Lipinski definition) is 8. The first-order valence-corrected chi connectivity index (χ1v) is 26.0. The molecule has 58 heavy (non-hydrogen) atoms. The van der Waals surface area contributed by atoms with E-state index in [0.717, 1.165) is 50.4 Å². The number of carbonyl (C=O) groups is 2. The predicted octanol–water partition coefficient (Wildman–Crippen LogP) is 13.4. The third-order valence-electron chi connectivity index (χ3n) is 11.4. The number of carbonyl (C=O) groups excluding carboxylic acids is 2. The zero-order valence-electron chi connectivity index (χ0n) is 39.3. The van der Waals surface area contributed by atoms with E-state index in [0.29, 0.717) is 17.4 Å². The summed E-state index contributed by atoms with van der Waals surface area (Å²) in [7, 11) is 1.18. The monoisotopic (exact) mass is 846 g/mol. The average Bonchev–Trinajstić information content (AvgIpc) is 3.16. The molecule has 10 heteroatoms. The average molecular weight is 846 g/mol. The lowest BCUT2D eigenvalue weighted by Gasteiger charge is -2.28. The van der Waals surface area contributed by atoms with Gasteiger partial charge in [-0.3, -0.25) is 14.2 Å². The van der Waals surface area contributed by atoms with Crippen LogP contribution in [0.15, 0.2) is 0 Å². The minimum Gasteiger partial charge on any atom is -0.756 e. The highest BCUT2D eigenvalue weighted by molar-refractivity contribution is 7.45. The SMILES string of the molecule is CCCCCCCCCC(C)CCCCCCCCC(=O)OC[C@H](COP(=O)([O-])OCC[N+](C)(C)C)OC(=O)CCCCCCCCC(C)CCCCCCCCC. The normalized spacial score (nSPS) is 14.6. The van der Waals surface area contributed by atoms with Crippen molar-refractivity contribution in [2.75, 3.05) is 47.5 Å². The van der Waals surface area contributed by atoms with Crippen molar-refractivity contribution in [3.05, 3.63) is 0 Å². The number of phosphoric acid groups is 1. The Balaban J connectivity index is 4.37. The van der Waals surface area contributed by atoms with E-state index in [-0.39, 0.29) is 32.0 Å². The number of rotatable bonds is 44. The van der Waals surface area contributed by atoms with Gasteiger partial charge in [-0.1, -0.05) is 207 Å². The molecule has 0 saturated carbocycles. The lowest BCUT2D eigenvalue weighted by Crippen LogP contribution is -2.37. The largest absolute Gasteiger partial charge is 0.756 e.